The summed E-state index contributed by atoms with van der Waals surface area (Å²) in [6, 6.07) is 2.96. The molecule has 0 amide bonds. The molecule has 0 unspecified atom stereocenters. The number of hydrazine groups is 1. The first-order chi connectivity index (χ1) is 9.81. The Balaban J connectivity index is 2.36. The van der Waals surface area contributed by atoms with Gasteiger partial charge in [-0.25, -0.2) is 33.9 Å². The van der Waals surface area contributed by atoms with Crippen molar-refractivity contribution in [1.82, 2.24) is 15.0 Å². The highest BCUT2D eigenvalue weighted by Gasteiger charge is 2.18. The fourth-order valence-electron chi connectivity index (χ4n) is 1.62. The highest BCUT2D eigenvalue weighted by Crippen LogP contribution is 2.22. The average molecular weight is 329 g/mol. The Morgan fingerprint density at radius 3 is 2.33 bits per heavy atom. The van der Waals surface area contributed by atoms with Gasteiger partial charge in [0.2, 0.25) is 5.95 Å². The second kappa shape index (κ2) is 5.80. The minimum atomic E-state index is -3.88. The fraction of sp³-hybridized carbons (Fsp3) is 0.182. The van der Waals surface area contributed by atoms with Crippen LogP contribution in [0.5, 0.6) is 0 Å². The number of aromatic nitrogens is 3. The number of hydrogen-bond donors (Lipinski definition) is 3. The van der Waals surface area contributed by atoms with Crippen molar-refractivity contribution in [3.63, 3.8) is 0 Å². The number of nitrogen functional groups attached to an aromatic ring is 1. The molecule has 0 atom stereocenters. The van der Waals surface area contributed by atoms with E-state index in [1.807, 2.05) is 0 Å². The van der Waals surface area contributed by atoms with E-state index < -0.39 is 10.0 Å². The maximum atomic E-state index is 12.2. The molecule has 0 saturated heterocycles. The van der Waals surface area contributed by atoms with Crippen molar-refractivity contribution in [3.05, 3.63) is 34.7 Å². The number of nitrogens with one attached hydrogen (secondary N) is 2. The third kappa shape index (κ3) is 3.57. The minimum absolute atomic E-state index is 0.00958. The molecule has 2 rings (SSSR count). The van der Waals surface area contributed by atoms with Gasteiger partial charge in [-0.3, -0.25) is 0 Å². The third-order valence-electron chi connectivity index (χ3n) is 2.47. The first kappa shape index (κ1) is 15.4. The molecule has 2 aromatic heterocycles. The molecule has 8 nitrogen and oxygen atoms in total. The number of sulfonamides is 1. The van der Waals surface area contributed by atoms with Crippen LogP contribution in [0.1, 0.15) is 11.4 Å². The molecule has 4 N–H and O–H groups in total. The van der Waals surface area contributed by atoms with Crippen molar-refractivity contribution in [2.45, 2.75) is 18.7 Å². The number of aryl methyl sites for hydroxylation is 2. The summed E-state index contributed by atoms with van der Waals surface area (Å²) in [5.41, 5.74) is 3.56. The van der Waals surface area contributed by atoms with Gasteiger partial charge in [-0.2, -0.15) is 0 Å². The van der Waals surface area contributed by atoms with Crippen LogP contribution in [0, 0.1) is 13.8 Å². The molecule has 0 aliphatic rings. The number of pyridine rings is 1. The van der Waals surface area contributed by atoms with Gasteiger partial charge in [0.15, 0.2) is 5.82 Å². The molecule has 0 bridgehead atoms. The van der Waals surface area contributed by atoms with Crippen LogP contribution in [0.3, 0.4) is 0 Å². The molecular formula is C11H13ClN6O2S. The number of halogens is 1. The third-order valence-corrected chi connectivity index (χ3v) is 4.05. The van der Waals surface area contributed by atoms with Gasteiger partial charge in [-0.1, -0.05) is 11.6 Å². The van der Waals surface area contributed by atoms with Crippen LogP contribution in [0.4, 0.5) is 11.8 Å². The lowest BCUT2D eigenvalue weighted by molar-refractivity contribution is 0.600. The lowest BCUT2D eigenvalue weighted by Crippen LogP contribution is -2.17. The lowest BCUT2D eigenvalue weighted by atomic mass is 10.4. The van der Waals surface area contributed by atoms with E-state index in [0.29, 0.717) is 11.4 Å². The zero-order chi connectivity index (χ0) is 15.6. The molecule has 21 heavy (non-hydrogen) atoms. The predicted molar refractivity (Wildman–Crippen MR) is 79.4 cm³/mol. The number of hydrogen-bond acceptors (Lipinski definition) is 7. The van der Waals surface area contributed by atoms with E-state index in [9.17, 15) is 8.42 Å². The summed E-state index contributed by atoms with van der Waals surface area (Å²) in [6.45, 7) is 3.49. The summed E-state index contributed by atoms with van der Waals surface area (Å²) in [5, 5.41) is 0.0849. The quantitative estimate of drug-likeness (QED) is 0.569. The molecule has 0 radical (unpaired) electrons. The summed E-state index contributed by atoms with van der Waals surface area (Å²) < 4.78 is 26.7. The van der Waals surface area contributed by atoms with Gasteiger partial charge < -0.3 is 5.43 Å². The Kier molecular flexibility index (Phi) is 4.26. The first-order valence-corrected chi connectivity index (χ1v) is 7.65. The second-order valence-corrected chi connectivity index (χ2v) is 6.32. The Labute approximate surface area is 126 Å². The maximum Gasteiger partial charge on any atom is 0.265 e. The van der Waals surface area contributed by atoms with Crippen LogP contribution in [0.2, 0.25) is 5.02 Å². The predicted octanol–water partition coefficient (Wildman–Crippen LogP) is 1.23. The fourth-order valence-corrected chi connectivity index (χ4v) is 2.82. The molecule has 112 valence electrons. The summed E-state index contributed by atoms with van der Waals surface area (Å²) in [6.07, 6.45) is 1.13. The van der Waals surface area contributed by atoms with Gasteiger partial charge in [0.05, 0.1) is 5.02 Å². The van der Waals surface area contributed by atoms with Crippen molar-refractivity contribution in [2.24, 2.45) is 5.84 Å². The monoisotopic (exact) mass is 328 g/mol. The van der Waals surface area contributed by atoms with Gasteiger partial charge in [-0.15, -0.1) is 0 Å². The number of nitrogens with zero attached hydrogens (tertiary/aromatic N) is 3. The summed E-state index contributed by atoms with van der Waals surface area (Å²) in [4.78, 5) is 11.7. The van der Waals surface area contributed by atoms with E-state index in [4.69, 9.17) is 17.4 Å². The van der Waals surface area contributed by atoms with Crippen molar-refractivity contribution in [3.8, 4) is 0 Å². The molecule has 2 aromatic rings. The van der Waals surface area contributed by atoms with E-state index in [-0.39, 0.29) is 21.7 Å². The number of rotatable bonds is 4. The number of nitrogens with two attached hydrogens (primary N) is 1. The Hall–Kier alpha value is -1.97. The molecule has 0 aromatic carbocycles. The van der Waals surface area contributed by atoms with Gasteiger partial charge in [0.1, 0.15) is 4.90 Å². The number of anilines is 2. The van der Waals surface area contributed by atoms with Gasteiger partial charge >= 0.3 is 0 Å². The molecule has 0 aliphatic heterocycles. The Morgan fingerprint density at radius 1 is 1.19 bits per heavy atom. The normalized spacial score (nSPS) is 11.2. The van der Waals surface area contributed by atoms with Crippen LogP contribution >= 0.6 is 11.6 Å². The van der Waals surface area contributed by atoms with Crippen LogP contribution in [0.15, 0.2) is 23.2 Å². The van der Waals surface area contributed by atoms with Gasteiger partial charge in [0.25, 0.3) is 10.0 Å². The summed E-state index contributed by atoms with van der Waals surface area (Å²) >= 11 is 5.86. The highest BCUT2D eigenvalue weighted by molar-refractivity contribution is 7.92. The highest BCUT2D eigenvalue weighted by atomic mass is 35.5. The smallest absolute Gasteiger partial charge is 0.265 e. The van der Waals surface area contributed by atoms with Crippen LogP contribution in [0.25, 0.3) is 0 Å². The summed E-state index contributed by atoms with van der Waals surface area (Å²) in [5.74, 6) is 5.35. The molecule has 10 heteroatoms. The molecule has 2 heterocycles. The Morgan fingerprint density at radius 2 is 1.81 bits per heavy atom. The van der Waals surface area contributed by atoms with E-state index in [1.165, 1.54) is 6.07 Å². The molecule has 0 fully saturated rings. The largest absolute Gasteiger partial charge is 0.307 e. The topological polar surface area (TPSA) is 123 Å². The molecular weight excluding hydrogens is 316 g/mol. The van der Waals surface area contributed by atoms with Crippen LogP contribution in [-0.4, -0.2) is 23.4 Å². The van der Waals surface area contributed by atoms with E-state index >= 15 is 0 Å². The van der Waals surface area contributed by atoms with Crippen LogP contribution in [-0.2, 0) is 10.0 Å². The van der Waals surface area contributed by atoms with Gasteiger partial charge in [-0.05, 0) is 26.0 Å². The van der Waals surface area contributed by atoms with E-state index in [0.717, 1.165) is 6.20 Å². The molecule has 0 spiro atoms. The van der Waals surface area contributed by atoms with E-state index in [2.05, 4.69) is 25.1 Å². The first-order valence-electron chi connectivity index (χ1n) is 5.79. The zero-order valence-electron chi connectivity index (χ0n) is 11.3. The Bertz CT molecular complexity index is 760. The molecule has 0 saturated carbocycles. The van der Waals surface area contributed by atoms with Crippen molar-refractivity contribution in [1.29, 1.82) is 0 Å². The zero-order valence-corrected chi connectivity index (χ0v) is 12.8. The second-order valence-electron chi connectivity index (χ2n) is 4.23. The van der Waals surface area contributed by atoms with Crippen LogP contribution < -0.4 is 16.0 Å². The summed E-state index contributed by atoms with van der Waals surface area (Å²) in [7, 11) is -3.88. The van der Waals surface area contributed by atoms with Gasteiger partial charge in [0, 0.05) is 17.6 Å². The standard InChI is InChI=1S/C11H13ClN6O2S/c1-6-3-7(2)16-11(15-6)18-21(19,20)8-4-9(12)10(17-13)14-5-8/h3-5H,13H2,1-2H3,(H,14,17)(H,15,16,18). The minimum Gasteiger partial charge on any atom is -0.307 e. The van der Waals surface area contributed by atoms with Crippen molar-refractivity contribution >= 4 is 33.4 Å². The average Bonchev–Trinajstić information content (AvgIpc) is 2.36. The van der Waals surface area contributed by atoms with Crippen molar-refractivity contribution in [2.75, 3.05) is 10.1 Å². The SMILES string of the molecule is Cc1cc(C)nc(NS(=O)(=O)c2cnc(NN)c(Cl)c2)n1. The van der Waals surface area contributed by atoms with Crippen molar-refractivity contribution < 1.29 is 8.42 Å². The lowest BCUT2D eigenvalue weighted by Gasteiger charge is -2.09. The molecule has 0 aliphatic carbocycles. The maximum absolute atomic E-state index is 12.2. The van der Waals surface area contributed by atoms with E-state index in [1.54, 1.807) is 19.9 Å².